The van der Waals surface area contributed by atoms with Crippen LogP contribution >= 0.6 is 0 Å². The van der Waals surface area contributed by atoms with Gasteiger partial charge < -0.3 is 10.6 Å². The third kappa shape index (κ3) is 2.39. The largest absolute Gasteiger partial charge is 0.324 e. The maximum atomic E-state index is 5.56. The van der Waals surface area contributed by atoms with Gasteiger partial charge in [0, 0.05) is 37.4 Å². The number of hydrogen-bond acceptors (Lipinski definition) is 4. The van der Waals surface area contributed by atoms with Crippen LogP contribution in [0.5, 0.6) is 0 Å². The normalized spacial score (nSPS) is 17.2. The van der Waals surface area contributed by atoms with Gasteiger partial charge in [-0.25, -0.2) is 9.97 Å². The highest BCUT2D eigenvalue weighted by Gasteiger charge is 2.17. The van der Waals surface area contributed by atoms with Gasteiger partial charge in [0.05, 0.1) is 6.54 Å². The highest BCUT2D eigenvalue weighted by atomic mass is 15.1. The van der Waals surface area contributed by atoms with E-state index in [0.29, 0.717) is 12.6 Å². The summed E-state index contributed by atoms with van der Waals surface area (Å²) in [5.74, 6) is 0.761. The van der Waals surface area contributed by atoms with Gasteiger partial charge in [-0.1, -0.05) is 0 Å². The first kappa shape index (κ1) is 11.5. The summed E-state index contributed by atoms with van der Waals surface area (Å²) in [5.41, 5.74) is 8.05. The lowest BCUT2D eigenvalue weighted by molar-refractivity contribution is 0.232. The second kappa shape index (κ2) is 4.89. The second-order valence-corrected chi connectivity index (χ2v) is 4.59. The average Bonchev–Trinajstić information content (AvgIpc) is 2.50. The second-order valence-electron chi connectivity index (χ2n) is 4.59. The molecule has 2 heterocycles. The molecular weight excluding hydrogens is 200 g/mol. The molecule has 2 N–H and O–H groups in total. The molecule has 0 unspecified atom stereocenters. The molecule has 0 saturated carbocycles. The minimum Gasteiger partial charge on any atom is -0.324 e. The zero-order valence-electron chi connectivity index (χ0n) is 10.1. The van der Waals surface area contributed by atoms with Gasteiger partial charge in [0.25, 0.3) is 0 Å². The summed E-state index contributed by atoms with van der Waals surface area (Å²) >= 11 is 0. The molecule has 0 aliphatic carbocycles. The van der Waals surface area contributed by atoms with Crippen LogP contribution in [-0.2, 0) is 19.4 Å². The maximum absolute atomic E-state index is 5.56. The Hall–Kier alpha value is -1.00. The van der Waals surface area contributed by atoms with E-state index in [4.69, 9.17) is 5.73 Å². The molecule has 2 rings (SSSR count). The molecule has 0 spiro atoms. The Bertz CT molecular complexity index is 362. The first-order chi connectivity index (χ1) is 7.70. The fourth-order valence-electron chi connectivity index (χ4n) is 2.15. The highest BCUT2D eigenvalue weighted by molar-refractivity contribution is 5.20. The maximum Gasteiger partial charge on any atom is 0.142 e. The van der Waals surface area contributed by atoms with Gasteiger partial charge in [0.1, 0.15) is 5.82 Å². The summed E-state index contributed by atoms with van der Waals surface area (Å²) < 4.78 is 0. The number of hydrogen-bond donors (Lipinski definition) is 1. The fourth-order valence-corrected chi connectivity index (χ4v) is 2.15. The minimum absolute atomic E-state index is 0.432. The lowest BCUT2D eigenvalue weighted by atomic mass is 10.1. The van der Waals surface area contributed by atoms with Crippen molar-refractivity contribution in [3.8, 4) is 0 Å². The zero-order chi connectivity index (χ0) is 11.5. The molecule has 0 bridgehead atoms. The van der Waals surface area contributed by atoms with Crippen molar-refractivity contribution in [1.29, 1.82) is 0 Å². The summed E-state index contributed by atoms with van der Waals surface area (Å²) in [5, 5.41) is 0. The summed E-state index contributed by atoms with van der Waals surface area (Å²) in [6.07, 6.45) is 4.02. The summed E-state index contributed by atoms with van der Waals surface area (Å²) in [7, 11) is 0. The van der Waals surface area contributed by atoms with E-state index in [1.165, 1.54) is 11.3 Å². The van der Waals surface area contributed by atoms with Crippen molar-refractivity contribution in [1.82, 2.24) is 14.9 Å². The van der Waals surface area contributed by atoms with Crippen LogP contribution in [0.2, 0.25) is 0 Å². The predicted octanol–water partition coefficient (Wildman–Crippen LogP) is 0.744. The van der Waals surface area contributed by atoms with Crippen molar-refractivity contribution >= 4 is 0 Å². The van der Waals surface area contributed by atoms with E-state index in [9.17, 15) is 0 Å². The van der Waals surface area contributed by atoms with Gasteiger partial charge in [-0.3, -0.25) is 0 Å². The average molecular weight is 220 g/mol. The van der Waals surface area contributed by atoms with Crippen molar-refractivity contribution in [3.05, 3.63) is 23.3 Å². The third-order valence-electron chi connectivity index (χ3n) is 3.22. The van der Waals surface area contributed by atoms with Crippen LogP contribution in [0.3, 0.4) is 0 Å². The van der Waals surface area contributed by atoms with Gasteiger partial charge in [-0.15, -0.1) is 0 Å². The molecule has 1 aliphatic heterocycles. The van der Waals surface area contributed by atoms with Gasteiger partial charge >= 0.3 is 0 Å². The van der Waals surface area contributed by atoms with Crippen molar-refractivity contribution in [2.24, 2.45) is 5.73 Å². The smallest absolute Gasteiger partial charge is 0.142 e. The predicted molar refractivity (Wildman–Crippen MR) is 64.0 cm³/mol. The Morgan fingerprint density at radius 2 is 2.12 bits per heavy atom. The zero-order valence-corrected chi connectivity index (χ0v) is 10.1. The Morgan fingerprint density at radius 1 is 1.38 bits per heavy atom. The monoisotopic (exact) mass is 220 g/mol. The third-order valence-corrected chi connectivity index (χ3v) is 3.22. The SMILES string of the molecule is CC(C)N1CCc2cnc(CN)nc2CC1. The van der Waals surface area contributed by atoms with Crippen LogP contribution in [0.4, 0.5) is 0 Å². The van der Waals surface area contributed by atoms with Gasteiger partial charge in [0.15, 0.2) is 0 Å². The van der Waals surface area contributed by atoms with Crippen molar-refractivity contribution in [3.63, 3.8) is 0 Å². The molecule has 0 radical (unpaired) electrons. The standard InChI is InChI=1S/C12H20N4/c1-9(2)16-5-3-10-8-14-12(7-13)15-11(10)4-6-16/h8-9H,3-7,13H2,1-2H3. The van der Waals surface area contributed by atoms with E-state index < -0.39 is 0 Å². The van der Waals surface area contributed by atoms with E-state index in [-0.39, 0.29) is 0 Å². The van der Waals surface area contributed by atoms with E-state index >= 15 is 0 Å². The van der Waals surface area contributed by atoms with Crippen LogP contribution in [0.25, 0.3) is 0 Å². The molecule has 4 heteroatoms. The Labute approximate surface area is 96.9 Å². The van der Waals surface area contributed by atoms with Crippen LogP contribution < -0.4 is 5.73 Å². The molecule has 1 aromatic heterocycles. The topological polar surface area (TPSA) is 55.0 Å². The number of nitrogens with zero attached hydrogens (tertiary/aromatic N) is 3. The lowest BCUT2D eigenvalue weighted by Gasteiger charge is -2.23. The Balaban J connectivity index is 2.17. The highest BCUT2D eigenvalue weighted by Crippen LogP contribution is 2.14. The molecule has 0 fully saturated rings. The molecular formula is C12H20N4. The molecule has 16 heavy (non-hydrogen) atoms. The Morgan fingerprint density at radius 3 is 2.81 bits per heavy atom. The fraction of sp³-hybridized carbons (Fsp3) is 0.667. The van der Waals surface area contributed by atoms with Crippen LogP contribution in [0.1, 0.15) is 30.9 Å². The van der Waals surface area contributed by atoms with E-state index in [1.807, 2.05) is 6.20 Å². The van der Waals surface area contributed by atoms with Crippen molar-refractivity contribution < 1.29 is 0 Å². The minimum atomic E-state index is 0.432. The van der Waals surface area contributed by atoms with Gasteiger partial charge in [-0.05, 0) is 25.8 Å². The van der Waals surface area contributed by atoms with E-state index in [0.717, 1.165) is 31.8 Å². The number of rotatable bonds is 2. The molecule has 0 atom stereocenters. The summed E-state index contributed by atoms with van der Waals surface area (Å²) in [4.78, 5) is 11.3. The lowest BCUT2D eigenvalue weighted by Crippen LogP contribution is -2.33. The van der Waals surface area contributed by atoms with Crippen LogP contribution in [0, 0.1) is 0 Å². The number of nitrogens with two attached hydrogens (primary N) is 1. The summed E-state index contributed by atoms with van der Waals surface area (Å²) in [6.45, 7) is 7.11. The molecule has 1 aromatic rings. The van der Waals surface area contributed by atoms with E-state index in [1.54, 1.807) is 0 Å². The van der Waals surface area contributed by atoms with Gasteiger partial charge in [-0.2, -0.15) is 0 Å². The summed E-state index contributed by atoms with van der Waals surface area (Å²) in [6, 6.07) is 0.608. The van der Waals surface area contributed by atoms with Crippen molar-refractivity contribution in [2.75, 3.05) is 13.1 Å². The van der Waals surface area contributed by atoms with E-state index in [2.05, 4.69) is 28.7 Å². The van der Waals surface area contributed by atoms with Crippen LogP contribution in [0.15, 0.2) is 6.20 Å². The van der Waals surface area contributed by atoms with Gasteiger partial charge in [0.2, 0.25) is 0 Å². The first-order valence-electron chi connectivity index (χ1n) is 5.98. The van der Waals surface area contributed by atoms with Crippen LogP contribution in [-0.4, -0.2) is 34.0 Å². The van der Waals surface area contributed by atoms with Crippen molar-refractivity contribution in [2.45, 2.75) is 39.3 Å². The molecule has 0 saturated heterocycles. The molecule has 1 aliphatic rings. The first-order valence-corrected chi connectivity index (χ1v) is 5.98. The molecule has 88 valence electrons. The Kier molecular flexibility index (Phi) is 3.51. The molecule has 0 aromatic carbocycles. The molecule has 4 nitrogen and oxygen atoms in total. The quantitative estimate of drug-likeness (QED) is 0.799. The molecule has 0 amide bonds. The number of fused-ring (bicyclic) bond motifs is 1. The number of aromatic nitrogens is 2.